The lowest BCUT2D eigenvalue weighted by Crippen LogP contribution is -2.32. The number of likely N-dealkylation sites (tertiary alicyclic amines) is 1. The maximum Gasteiger partial charge on any atom is 0.235 e. The first kappa shape index (κ1) is 13.2. The standard InChI is InChI=1S/C13H13BrFNO2/c1-13(2)6-10(17)16(12(13)18)7-8-4-3-5-9(15)11(8)14/h3-5H,6-7H2,1-2H3. The third kappa shape index (κ3) is 2.19. The van der Waals surface area contributed by atoms with Gasteiger partial charge in [-0.3, -0.25) is 14.5 Å². The third-order valence-electron chi connectivity index (χ3n) is 3.08. The van der Waals surface area contributed by atoms with E-state index in [1.165, 1.54) is 11.0 Å². The summed E-state index contributed by atoms with van der Waals surface area (Å²) in [5, 5.41) is 0. The number of rotatable bonds is 2. The van der Waals surface area contributed by atoms with E-state index in [2.05, 4.69) is 15.9 Å². The Hall–Kier alpha value is -1.23. The second-order valence-electron chi connectivity index (χ2n) is 5.06. The first-order chi connectivity index (χ1) is 8.33. The van der Waals surface area contributed by atoms with Crippen LogP contribution in [0.2, 0.25) is 0 Å². The van der Waals surface area contributed by atoms with Crippen LogP contribution in [0.3, 0.4) is 0 Å². The number of imide groups is 1. The van der Waals surface area contributed by atoms with Gasteiger partial charge in [-0.25, -0.2) is 4.39 Å². The number of carbonyl (C=O) groups is 2. The molecular formula is C13H13BrFNO2. The van der Waals surface area contributed by atoms with E-state index in [0.717, 1.165) is 0 Å². The van der Waals surface area contributed by atoms with E-state index in [9.17, 15) is 14.0 Å². The molecule has 0 aliphatic carbocycles. The van der Waals surface area contributed by atoms with Gasteiger partial charge >= 0.3 is 0 Å². The van der Waals surface area contributed by atoms with Crippen molar-refractivity contribution in [3.63, 3.8) is 0 Å². The van der Waals surface area contributed by atoms with Crippen LogP contribution in [0.25, 0.3) is 0 Å². The summed E-state index contributed by atoms with van der Waals surface area (Å²) in [6.07, 6.45) is 0.207. The van der Waals surface area contributed by atoms with Crippen LogP contribution in [0.4, 0.5) is 4.39 Å². The molecule has 1 aromatic rings. The lowest BCUT2D eigenvalue weighted by atomic mass is 9.92. The molecule has 2 rings (SSSR count). The van der Waals surface area contributed by atoms with Crippen molar-refractivity contribution in [1.29, 1.82) is 0 Å². The molecule has 1 aliphatic heterocycles. The fraction of sp³-hybridized carbons (Fsp3) is 0.385. The normalized spacial score (nSPS) is 18.6. The summed E-state index contributed by atoms with van der Waals surface area (Å²) in [7, 11) is 0. The molecule has 18 heavy (non-hydrogen) atoms. The van der Waals surface area contributed by atoms with Gasteiger partial charge in [-0.2, -0.15) is 0 Å². The topological polar surface area (TPSA) is 37.4 Å². The highest BCUT2D eigenvalue weighted by atomic mass is 79.9. The Kier molecular flexibility index (Phi) is 3.27. The van der Waals surface area contributed by atoms with Crippen LogP contribution >= 0.6 is 15.9 Å². The number of benzene rings is 1. The highest BCUT2D eigenvalue weighted by molar-refractivity contribution is 9.10. The zero-order valence-electron chi connectivity index (χ0n) is 10.2. The number of hydrogen-bond donors (Lipinski definition) is 0. The molecule has 0 N–H and O–H groups in total. The maximum atomic E-state index is 13.4. The van der Waals surface area contributed by atoms with Crippen molar-refractivity contribution in [1.82, 2.24) is 4.90 Å². The molecule has 0 unspecified atom stereocenters. The van der Waals surface area contributed by atoms with E-state index < -0.39 is 11.2 Å². The highest BCUT2D eigenvalue weighted by Crippen LogP contribution is 2.33. The molecular weight excluding hydrogens is 301 g/mol. The first-order valence-corrected chi connectivity index (χ1v) is 6.40. The molecule has 0 atom stereocenters. The number of nitrogens with zero attached hydrogens (tertiary/aromatic N) is 1. The molecule has 1 saturated heterocycles. The molecule has 5 heteroatoms. The molecule has 0 radical (unpaired) electrons. The van der Waals surface area contributed by atoms with Crippen molar-refractivity contribution < 1.29 is 14.0 Å². The summed E-state index contributed by atoms with van der Waals surface area (Å²) in [6, 6.07) is 4.58. The minimum atomic E-state index is -0.656. The molecule has 1 fully saturated rings. The van der Waals surface area contributed by atoms with Gasteiger partial charge in [0.2, 0.25) is 11.8 Å². The van der Waals surface area contributed by atoms with E-state index >= 15 is 0 Å². The Bertz CT molecular complexity index is 528. The smallest absolute Gasteiger partial charge is 0.235 e. The molecule has 0 bridgehead atoms. The monoisotopic (exact) mass is 313 g/mol. The van der Waals surface area contributed by atoms with Gasteiger partial charge in [0.1, 0.15) is 5.82 Å². The lowest BCUT2D eigenvalue weighted by molar-refractivity contribution is -0.141. The minimum Gasteiger partial charge on any atom is -0.278 e. The Balaban J connectivity index is 2.27. The van der Waals surface area contributed by atoms with Gasteiger partial charge < -0.3 is 0 Å². The number of halogens is 2. The van der Waals surface area contributed by atoms with Crippen LogP contribution in [-0.2, 0) is 16.1 Å². The van der Waals surface area contributed by atoms with Crippen LogP contribution in [0.15, 0.2) is 22.7 Å². The SMILES string of the molecule is CC1(C)CC(=O)N(Cc2cccc(F)c2Br)C1=O. The van der Waals surface area contributed by atoms with Gasteiger partial charge in [0, 0.05) is 6.42 Å². The van der Waals surface area contributed by atoms with Crippen molar-refractivity contribution in [2.24, 2.45) is 5.41 Å². The Labute approximate surface area is 113 Å². The highest BCUT2D eigenvalue weighted by Gasteiger charge is 2.44. The molecule has 3 nitrogen and oxygen atoms in total. The molecule has 0 spiro atoms. The van der Waals surface area contributed by atoms with E-state index in [4.69, 9.17) is 0 Å². The molecule has 96 valence electrons. The summed E-state index contributed by atoms with van der Waals surface area (Å²) in [4.78, 5) is 25.0. The van der Waals surface area contributed by atoms with Gasteiger partial charge in [0.25, 0.3) is 0 Å². The fourth-order valence-electron chi connectivity index (χ4n) is 2.03. The van der Waals surface area contributed by atoms with Crippen molar-refractivity contribution in [3.8, 4) is 0 Å². The number of amides is 2. The molecule has 0 aromatic heterocycles. The Morgan fingerprint density at radius 3 is 2.61 bits per heavy atom. The average Bonchev–Trinajstić information content (AvgIpc) is 2.47. The van der Waals surface area contributed by atoms with Crippen molar-refractivity contribution in [2.45, 2.75) is 26.8 Å². The number of hydrogen-bond acceptors (Lipinski definition) is 2. The van der Waals surface area contributed by atoms with Gasteiger partial charge in [0.05, 0.1) is 16.4 Å². The Morgan fingerprint density at radius 2 is 2.06 bits per heavy atom. The summed E-state index contributed by atoms with van der Waals surface area (Å²) in [5.74, 6) is -0.810. The van der Waals surface area contributed by atoms with Crippen LogP contribution in [-0.4, -0.2) is 16.7 Å². The quantitative estimate of drug-likeness (QED) is 0.787. The summed E-state index contributed by atoms with van der Waals surface area (Å²) in [6.45, 7) is 3.60. The largest absolute Gasteiger partial charge is 0.278 e. The fourth-order valence-corrected chi connectivity index (χ4v) is 2.42. The van der Waals surface area contributed by atoms with Crippen LogP contribution in [0.1, 0.15) is 25.8 Å². The van der Waals surface area contributed by atoms with Gasteiger partial charge in [-0.1, -0.05) is 26.0 Å². The predicted molar refractivity (Wildman–Crippen MR) is 68.1 cm³/mol. The molecule has 2 amide bonds. The molecule has 1 heterocycles. The number of carbonyl (C=O) groups excluding carboxylic acids is 2. The van der Waals surface area contributed by atoms with Gasteiger partial charge in [0.15, 0.2) is 0 Å². The van der Waals surface area contributed by atoms with Crippen LogP contribution in [0.5, 0.6) is 0 Å². The van der Waals surface area contributed by atoms with E-state index in [1.54, 1.807) is 26.0 Å². The Morgan fingerprint density at radius 1 is 1.39 bits per heavy atom. The van der Waals surface area contributed by atoms with E-state index in [-0.39, 0.29) is 24.8 Å². The second-order valence-corrected chi connectivity index (χ2v) is 5.85. The molecule has 1 aliphatic rings. The van der Waals surface area contributed by atoms with Crippen LogP contribution < -0.4 is 0 Å². The maximum absolute atomic E-state index is 13.4. The van der Waals surface area contributed by atoms with Gasteiger partial charge in [-0.15, -0.1) is 0 Å². The summed E-state index contributed by atoms with van der Waals surface area (Å²) >= 11 is 3.13. The zero-order chi connectivity index (χ0) is 13.5. The van der Waals surface area contributed by atoms with Gasteiger partial charge in [-0.05, 0) is 27.6 Å². The van der Waals surface area contributed by atoms with Crippen LogP contribution in [0, 0.1) is 11.2 Å². The third-order valence-corrected chi connectivity index (χ3v) is 3.97. The zero-order valence-corrected chi connectivity index (χ0v) is 11.8. The predicted octanol–water partition coefficient (Wildman–Crippen LogP) is 2.87. The second kappa shape index (κ2) is 4.46. The lowest BCUT2D eigenvalue weighted by Gasteiger charge is -2.18. The van der Waals surface area contributed by atoms with Crippen molar-refractivity contribution in [2.75, 3.05) is 0 Å². The minimum absolute atomic E-state index is 0.111. The molecule has 1 aromatic carbocycles. The average molecular weight is 314 g/mol. The first-order valence-electron chi connectivity index (χ1n) is 5.60. The van der Waals surface area contributed by atoms with Crippen molar-refractivity contribution in [3.05, 3.63) is 34.1 Å². The van der Waals surface area contributed by atoms with E-state index in [1.807, 2.05) is 0 Å². The van der Waals surface area contributed by atoms with Crippen molar-refractivity contribution >= 4 is 27.7 Å². The molecule has 0 saturated carbocycles. The van der Waals surface area contributed by atoms with E-state index in [0.29, 0.717) is 10.0 Å². The summed E-state index contributed by atoms with van der Waals surface area (Å²) in [5.41, 5.74) is -0.0638. The summed E-state index contributed by atoms with van der Waals surface area (Å²) < 4.78 is 13.7.